The molecule has 0 saturated heterocycles. The molecule has 72 valence electrons. The lowest BCUT2D eigenvalue weighted by Crippen LogP contribution is -2.23. The van der Waals surface area contributed by atoms with Gasteiger partial charge < -0.3 is 0 Å². The summed E-state index contributed by atoms with van der Waals surface area (Å²) in [6.07, 6.45) is 2.23. The average molecular weight is 190 g/mol. The third-order valence-electron chi connectivity index (χ3n) is 1.84. The third-order valence-corrected chi connectivity index (χ3v) is 4.12. The van der Waals surface area contributed by atoms with Crippen molar-refractivity contribution >= 4 is 9.84 Å². The summed E-state index contributed by atoms with van der Waals surface area (Å²) in [6, 6.07) is 0. The van der Waals surface area contributed by atoms with Gasteiger partial charge in [-0.05, 0) is 24.2 Å². The molecule has 0 atom stereocenters. The van der Waals surface area contributed by atoms with Crippen LogP contribution in [0.15, 0.2) is 0 Å². The van der Waals surface area contributed by atoms with E-state index in [2.05, 4.69) is 0 Å². The van der Waals surface area contributed by atoms with E-state index >= 15 is 0 Å². The van der Waals surface area contributed by atoms with Gasteiger partial charge in [0, 0.05) is 0 Å². The van der Waals surface area contributed by atoms with E-state index in [0.29, 0.717) is 17.4 Å². The van der Waals surface area contributed by atoms with Gasteiger partial charge in [-0.15, -0.1) is 0 Å². The molecular formula is C9H18O2S. The van der Waals surface area contributed by atoms with E-state index in [1.54, 1.807) is 0 Å². The van der Waals surface area contributed by atoms with E-state index in [-0.39, 0.29) is 5.41 Å². The van der Waals surface area contributed by atoms with Gasteiger partial charge in [0.25, 0.3) is 0 Å². The first-order chi connectivity index (χ1) is 5.29. The molecule has 0 amide bonds. The van der Waals surface area contributed by atoms with Crippen LogP contribution in [-0.2, 0) is 9.84 Å². The maximum absolute atomic E-state index is 11.5. The fourth-order valence-corrected chi connectivity index (χ4v) is 3.85. The summed E-state index contributed by atoms with van der Waals surface area (Å²) >= 11 is 0. The minimum atomic E-state index is -2.78. The largest absolute Gasteiger partial charge is 0.229 e. The topological polar surface area (TPSA) is 34.1 Å². The molecule has 1 aliphatic rings. The fraction of sp³-hybridized carbons (Fsp3) is 1.00. The predicted molar refractivity (Wildman–Crippen MR) is 50.8 cm³/mol. The molecule has 3 heteroatoms. The first-order valence-corrected chi connectivity index (χ1v) is 6.31. The Kier molecular flexibility index (Phi) is 2.52. The van der Waals surface area contributed by atoms with Crippen LogP contribution in [0, 0.1) is 11.3 Å². The zero-order valence-corrected chi connectivity index (χ0v) is 8.95. The van der Waals surface area contributed by atoms with E-state index in [0.717, 1.165) is 12.8 Å². The number of hydrogen-bond donors (Lipinski definition) is 0. The second-order valence-electron chi connectivity index (χ2n) is 5.06. The number of hydrogen-bond acceptors (Lipinski definition) is 2. The Bertz CT molecular complexity index is 242. The molecule has 0 N–H and O–H groups in total. The van der Waals surface area contributed by atoms with Crippen molar-refractivity contribution in [3.8, 4) is 0 Å². The zero-order valence-electron chi connectivity index (χ0n) is 8.13. The van der Waals surface area contributed by atoms with Gasteiger partial charge in [0.15, 0.2) is 9.84 Å². The second kappa shape index (κ2) is 3.02. The van der Waals surface area contributed by atoms with Gasteiger partial charge in [0.2, 0.25) is 0 Å². The Labute approximate surface area is 75.3 Å². The van der Waals surface area contributed by atoms with E-state index < -0.39 is 9.84 Å². The molecule has 0 aromatic rings. The monoisotopic (exact) mass is 190 g/mol. The van der Waals surface area contributed by atoms with Crippen molar-refractivity contribution < 1.29 is 8.42 Å². The summed E-state index contributed by atoms with van der Waals surface area (Å²) in [7, 11) is -2.78. The summed E-state index contributed by atoms with van der Waals surface area (Å²) in [5.41, 5.74) is -0.0896. The highest BCUT2D eigenvalue weighted by Gasteiger charge is 2.30. The molecule has 0 bridgehead atoms. The molecular weight excluding hydrogens is 172 g/mol. The SMILES string of the molecule is CC(C)(C)CS(=O)(=O)CC1CC1. The molecule has 1 aliphatic carbocycles. The van der Waals surface area contributed by atoms with E-state index in [1.165, 1.54) is 0 Å². The normalized spacial score (nSPS) is 19.6. The molecule has 0 radical (unpaired) electrons. The highest BCUT2D eigenvalue weighted by Crippen LogP contribution is 2.31. The van der Waals surface area contributed by atoms with Crippen LogP contribution in [0.5, 0.6) is 0 Å². The third kappa shape index (κ3) is 4.10. The van der Waals surface area contributed by atoms with Crippen molar-refractivity contribution in [1.29, 1.82) is 0 Å². The van der Waals surface area contributed by atoms with Crippen LogP contribution in [0.25, 0.3) is 0 Å². The van der Waals surface area contributed by atoms with Crippen LogP contribution in [0.2, 0.25) is 0 Å². The highest BCUT2D eigenvalue weighted by molar-refractivity contribution is 7.91. The minimum Gasteiger partial charge on any atom is -0.229 e. The smallest absolute Gasteiger partial charge is 0.151 e. The van der Waals surface area contributed by atoms with E-state index in [4.69, 9.17) is 0 Å². The molecule has 0 aromatic heterocycles. The molecule has 1 rings (SSSR count). The quantitative estimate of drug-likeness (QED) is 0.680. The Morgan fingerprint density at radius 2 is 1.75 bits per heavy atom. The van der Waals surface area contributed by atoms with Gasteiger partial charge in [0.1, 0.15) is 0 Å². The number of rotatable bonds is 3. The molecule has 0 spiro atoms. The van der Waals surface area contributed by atoms with Crippen molar-refractivity contribution in [2.75, 3.05) is 11.5 Å². The Morgan fingerprint density at radius 1 is 1.25 bits per heavy atom. The van der Waals surface area contributed by atoms with Crippen LogP contribution in [0.1, 0.15) is 33.6 Å². The van der Waals surface area contributed by atoms with Crippen LogP contribution < -0.4 is 0 Å². The molecule has 0 heterocycles. The van der Waals surface area contributed by atoms with E-state index in [9.17, 15) is 8.42 Å². The van der Waals surface area contributed by atoms with Crippen LogP contribution >= 0.6 is 0 Å². The van der Waals surface area contributed by atoms with Gasteiger partial charge in [-0.25, -0.2) is 8.42 Å². The van der Waals surface area contributed by atoms with Crippen molar-refractivity contribution in [2.24, 2.45) is 11.3 Å². The summed E-state index contributed by atoms with van der Waals surface area (Å²) in [4.78, 5) is 0. The lowest BCUT2D eigenvalue weighted by Gasteiger charge is -2.17. The lowest BCUT2D eigenvalue weighted by atomic mass is 10.0. The molecule has 0 unspecified atom stereocenters. The molecule has 0 aromatic carbocycles. The highest BCUT2D eigenvalue weighted by atomic mass is 32.2. The van der Waals surface area contributed by atoms with Crippen molar-refractivity contribution in [3.63, 3.8) is 0 Å². The molecule has 2 nitrogen and oxygen atoms in total. The first-order valence-electron chi connectivity index (χ1n) is 4.49. The average Bonchev–Trinajstić information content (AvgIpc) is 2.39. The number of sulfone groups is 1. The second-order valence-corrected chi connectivity index (χ2v) is 7.17. The molecule has 0 aliphatic heterocycles. The van der Waals surface area contributed by atoms with Crippen LogP contribution in [-0.4, -0.2) is 19.9 Å². The Balaban J connectivity index is 2.47. The van der Waals surface area contributed by atoms with Gasteiger partial charge in [-0.2, -0.15) is 0 Å². The summed E-state index contributed by atoms with van der Waals surface area (Å²) in [5.74, 6) is 1.23. The van der Waals surface area contributed by atoms with Gasteiger partial charge >= 0.3 is 0 Å². The molecule has 1 fully saturated rings. The maximum atomic E-state index is 11.5. The minimum absolute atomic E-state index is 0.0896. The molecule has 12 heavy (non-hydrogen) atoms. The summed E-state index contributed by atoms with van der Waals surface area (Å²) in [6.45, 7) is 5.91. The lowest BCUT2D eigenvalue weighted by molar-refractivity contribution is 0.461. The van der Waals surface area contributed by atoms with E-state index in [1.807, 2.05) is 20.8 Å². The van der Waals surface area contributed by atoms with Crippen LogP contribution in [0.3, 0.4) is 0 Å². The fourth-order valence-electron chi connectivity index (χ4n) is 1.36. The van der Waals surface area contributed by atoms with Crippen molar-refractivity contribution in [1.82, 2.24) is 0 Å². The van der Waals surface area contributed by atoms with Gasteiger partial charge in [0.05, 0.1) is 11.5 Å². The Morgan fingerprint density at radius 3 is 2.08 bits per heavy atom. The van der Waals surface area contributed by atoms with Crippen molar-refractivity contribution in [2.45, 2.75) is 33.6 Å². The zero-order chi connectivity index (χ0) is 9.41. The van der Waals surface area contributed by atoms with Crippen LogP contribution in [0.4, 0.5) is 0 Å². The first kappa shape index (κ1) is 10.0. The van der Waals surface area contributed by atoms with Gasteiger partial charge in [-0.1, -0.05) is 20.8 Å². The maximum Gasteiger partial charge on any atom is 0.151 e. The summed E-state index contributed by atoms with van der Waals surface area (Å²) in [5, 5.41) is 0. The molecule has 1 saturated carbocycles. The van der Waals surface area contributed by atoms with Crippen molar-refractivity contribution in [3.05, 3.63) is 0 Å². The predicted octanol–water partition coefficient (Wildman–Crippen LogP) is 1.86. The van der Waals surface area contributed by atoms with Gasteiger partial charge in [-0.3, -0.25) is 0 Å². The summed E-state index contributed by atoms with van der Waals surface area (Å²) < 4.78 is 23.0. The standard InChI is InChI=1S/C9H18O2S/c1-9(2,3)7-12(10,11)6-8-4-5-8/h8H,4-7H2,1-3H3. The Hall–Kier alpha value is -0.0500.